The van der Waals surface area contributed by atoms with Crippen LogP contribution < -0.4 is 4.65 Å². The van der Waals surface area contributed by atoms with Crippen molar-refractivity contribution in [2.75, 3.05) is 0 Å². The van der Waals surface area contributed by atoms with Crippen molar-refractivity contribution >= 4 is 19.3 Å². The van der Waals surface area contributed by atoms with Crippen molar-refractivity contribution in [3.63, 3.8) is 0 Å². The highest BCUT2D eigenvalue weighted by Gasteiger charge is 1.97. The van der Waals surface area contributed by atoms with Gasteiger partial charge in [-0.25, -0.2) is 0 Å². The van der Waals surface area contributed by atoms with E-state index in [1.807, 2.05) is 13.0 Å². The molecule has 0 saturated carbocycles. The van der Waals surface area contributed by atoms with Gasteiger partial charge >= 0.3 is 7.69 Å². The maximum absolute atomic E-state index is 8.31. The Balaban J connectivity index is 2.89. The molecule has 0 aliphatic carbocycles. The molecule has 0 amide bonds. The monoisotopic (exact) mass is 169 g/mol. The van der Waals surface area contributed by atoms with Crippen LogP contribution in [0.5, 0.6) is 5.75 Å². The zero-order valence-electron chi connectivity index (χ0n) is 6.04. The van der Waals surface area contributed by atoms with Gasteiger partial charge in [-0.15, -0.1) is 0 Å². The van der Waals surface area contributed by atoms with Crippen LogP contribution in [-0.2, 0) is 0 Å². The Hall–Kier alpha value is -0.665. The van der Waals surface area contributed by atoms with Gasteiger partial charge in [-0.3, -0.25) is 0 Å². The van der Waals surface area contributed by atoms with E-state index >= 15 is 0 Å². The molecular weight excluding hydrogens is 162 g/mol. The molecule has 57 valence electrons. The maximum Gasteiger partial charge on any atom is 0.569 e. The normalized spacial score (nSPS) is 9.36. The lowest BCUT2D eigenvalue weighted by Crippen LogP contribution is -1.99. The summed E-state index contributed by atoms with van der Waals surface area (Å²) >= 11 is 5.71. The highest BCUT2D eigenvalue weighted by molar-refractivity contribution is 6.30. The second-order valence-corrected chi connectivity index (χ2v) is 2.62. The van der Waals surface area contributed by atoms with E-state index in [1.165, 1.54) is 0 Å². The van der Waals surface area contributed by atoms with Crippen molar-refractivity contribution in [2.45, 2.75) is 6.92 Å². The van der Waals surface area contributed by atoms with E-state index in [0.717, 1.165) is 5.56 Å². The molecule has 1 rings (SSSR count). The molecule has 0 heterocycles. The Bertz CT molecular complexity index is 232. The smallest absolute Gasteiger partial charge is 0.537 e. The van der Waals surface area contributed by atoms with Gasteiger partial charge in [0.2, 0.25) is 0 Å². The quantitative estimate of drug-likeness (QED) is 0.681. The molecule has 0 aliphatic heterocycles. The molecule has 0 atom stereocenters. The first-order valence-electron chi connectivity index (χ1n) is 3.12. The molecule has 0 saturated heterocycles. The van der Waals surface area contributed by atoms with Gasteiger partial charge in [0.25, 0.3) is 0 Å². The molecule has 2 nitrogen and oxygen atoms in total. The zero-order chi connectivity index (χ0) is 8.27. The van der Waals surface area contributed by atoms with Crippen LogP contribution in [-0.4, -0.2) is 12.7 Å². The van der Waals surface area contributed by atoms with Gasteiger partial charge in [-0.1, -0.05) is 11.6 Å². The predicted octanol–water partition coefficient (Wildman–Crippen LogP) is 1.55. The summed E-state index contributed by atoms with van der Waals surface area (Å²) in [4.78, 5) is 0. The van der Waals surface area contributed by atoms with E-state index in [9.17, 15) is 0 Å². The molecule has 11 heavy (non-hydrogen) atoms. The first-order chi connectivity index (χ1) is 5.22. The van der Waals surface area contributed by atoms with Gasteiger partial charge in [0.1, 0.15) is 5.75 Å². The zero-order valence-corrected chi connectivity index (χ0v) is 6.80. The van der Waals surface area contributed by atoms with Gasteiger partial charge in [-0.2, -0.15) is 0 Å². The summed E-state index contributed by atoms with van der Waals surface area (Å²) in [6.45, 7) is 1.90. The fraction of sp³-hybridized carbons (Fsp3) is 0.143. The molecule has 0 spiro atoms. The standard InChI is InChI=1S/C7H7BClO2/c1-5-2-6(9)4-7(3-5)11-8-10/h2-4,10H,1H3. The first-order valence-corrected chi connectivity index (χ1v) is 3.50. The van der Waals surface area contributed by atoms with Crippen LogP contribution in [0, 0.1) is 6.92 Å². The van der Waals surface area contributed by atoms with E-state index in [2.05, 4.69) is 0 Å². The fourth-order valence-corrected chi connectivity index (χ4v) is 1.11. The summed E-state index contributed by atoms with van der Waals surface area (Å²) in [6, 6.07) is 5.21. The number of halogens is 1. The van der Waals surface area contributed by atoms with E-state index in [-0.39, 0.29) is 0 Å². The van der Waals surface area contributed by atoms with Crippen molar-refractivity contribution in [1.29, 1.82) is 0 Å². The number of aryl methyl sites for hydroxylation is 1. The molecule has 0 aromatic heterocycles. The topological polar surface area (TPSA) is 29.5 Å². The number of benzene rings is 1. The highest BCUT2D eigenvalue weighted by Crippen LogP contribution is 2.19. The van der Waals surface area contributed by atoms with Crippen LogP contribution in [0.3, 0.4) is 0 Å². The molecule has 1 aromatic rings. The summed E-state index contributed by atoms with van der Waals surface area (Å²) in [7, 11) is 0.630. The minimum absolute atomic E-state index is 0.539. The van der Waals surface area contributed by atoms with E-state index < -0.39 is 0 Å². The van der Waals surface area contributed by atoms with Crippen LogP contribution in [0.2, 0.25) is 5.02 Å². The van der Waals surface area contributed by atoms with Crippen LogP contribution in [0.4, 0.5) is 0 Å². The molecule has 1 aromatic carbocycles. The molecule has 1 N–H and O–H groups in total. The lowest BCUT2D eigenvalue weighted by Gasteiger charge is -2.02. The Morgan fingerprint density at radius 1 is 1.45 bits per heavy atom. The minimum Gasteiger partial charge on any atom is -0.537 e. The molecular formula is C7H7BClO2. The third-order valence-corrected chi connectivity index (χ3v) is 1.42. The van der Waals surface area contributed by atoms with Crippen LogP contribution >= 0.6 is 11.6 Å². The summed E-state index contributed by atoms with van der Waals surface area (Å²) < 4.78 is 4.71. The number of hydrogen-bond donors (Lipinski definition) is 1. The van der Waals surface area contributed by atoms with Crippen LogP contribution in [0.1, 0.15) is 5.56 Å². The highest BCUT2D eigenvalue weighted by atomic mass is 35.5. The van der Waals surface area contributed by atoms with Gasteiger partial charge in [0, 0.05) is 5.02 Å². The third-order valence-electron chi connectivity index (χ3n) is 1.20. The van der Waals surface area contributed by atoms with Crippen LogP contribution in [0.25, 0.3) is 0 Å². The molecule has 0 aliphatic rings. The molecule has 0 unspecified atom stereocenters. The molecule has 0 bridgehead atoms. The van der Waals surface area contributed by atoms with Gasteiger partial charge in [-0.05, 0) is 30.7 Å². The Kier molecular flexibility index (Phi) is 2.80. The van der Waals surface area contributed by atoms with Crippen molar-refractivity contribution in [3.05, 3.63) is 28.8 Å². The fourth-order valence-electron chi connectivity index (χ4n) is 0.832. The summed E-state index contributed by atoms with van der Waals surface area (Å²) in [5.41, 5.74) is 0.995. The lowest BCUT2D eigenvalue weighted by atomic mass is 10.2. The molecule has 4 heteroatoms. The average molecular weight is 169 g/mol. The van der Waals surface area contributed by atoms with Crippen LogP contribution in [0.15, 0.2) is 18.2 Å². The summed E-state index contributed by atoms with van der Waals surface area (Å²) in [5, 5.41) is 8.91. The average Bonchev–Trinajstić information content (AvgIpc) is 1.85. The molecule has 1 radical (unpaired) electrons. The second-order valence-electron chi connectivity index (χ2n) is 2.19. The SMILES string of the molecule is Cc1cc(Cl)cc(O[B]O)c1. The minimum atomic E-state index is 0.539. The maximum atomic E-state index is 8.31. The largest absolute Gasteiger partial charge is 0.569 e. The van der Waals surface area contributed by atoms with Crippen molar-refractivity contribution in [3.8, 4) is 5.75 Å². The van der Waals surface area contributed by atoms with Crippen molar-refractivity contribution in [2.24, 2.45) is 0 Å². The Morgan fingerprint density at radius 2 is 2.18 bits per heavy atom. The molecule has 0 fully saturated rings. The van der Waals surface area contributed by atoms with Gasteiger partial charge in [0.05, 0.1) is 0 Å². The van der Waals surface area contributed by atoms with E-state index in [0.29, 0.717) is 18.5 Å². The van der Waals surface area contributed by atoms with Crippen molar-refractivity contribution < 1.29 is 9.68 Å². The van der Waals surface area contributed by atoms with Gasteiger partial charge in [0.15, 0.2) is 0 Å². The number of rotatable bonds is 2. The Labute approximate surface area is 71.1 Å². The number of hydrogen-bond acceptors (Lipinski definition) is 2. The van der Waals surface area contributed by atoms with Gasteiger partial charge < -0.3 is 9.68 Å². The third kappa shape index (κ3) is 2.44. The summed E-state index contributed by atoms with van der Waals surface area (Å²) in [6.07, 6.45) is 0. The Morgan fingerprint density at radius 3 is 2.73 bits per heavy atom. The van der Waals surface area contributed by atoms with E-state index in [1.54, 1.807) is 12.1 Å². The summed E-state index contributed by atoms with van der Waals surface area (Å²) in [5.74, 6) is 0.539. The second kappa shape index (κ2) is 3.65. The lowest BCUT2D eigenvalue weighted by molar-refractivity contribution is 0.453. The predicted molar refractivity (Wildman–Crippen MR) is 44.8 cm³/mol. The van der Waals surface area contributed by atoms with E-state index in [4.69, 9.17) is 21.3 Å². The first kappa shape index (κ1) is 8.43. The van der Waals surface area contributed by atoms with Crippen molar-refractivity contribution in [1.82, 2.24) is 0 Å².